The lowest BCUT2D eigenvalue weighted by Crippen LogP contribution is -2.29. The van der Waals surface area contributed by atoms with E-state index < -0.39 is 10.0 Å². The van der Waals surface area contributed by atoms with Crippen molar-refractivity contribution < 1.29 is 13.2 Å². The molecule has 1 saturated carbocycles. The van der Waals surface area contributed by atoms with Crippen molar-refractivity contribution in [3.8, 4) is 0 Å². The Morgan fingerprint density at radius 3 is 2.69 bits per heavy atom. The van der Waals surface area contributed by atoms with Gasteiger partial charge in [0.25, 0.3) is 0 Å². The van der Waals surface area contributed by atoms with Gasteiger partial charge in [-0.2, -0.15) is 0 Å². The quantitative estimate of drug-likeness (QED) is 0.671. The molecule has 26 heavy (non-hydrogen) atoms. The monoisotopic (exact) mass is 393 g/mol. The summed E-state index contributed by atoms with van der Waals surface area (Å²) in [4.78, 5) is 12.5. The van der Waals surface area contributed by atoms with Gasteiger partial charge < -0.3 is 11.1 Å². The zero-order valence-corrected chi connectivity index (χ0v) is 15.6. The van der Waals surface area contributed by atoms with Gasteiger partial charge in [0.15, 0.2) is 0 Å². The van der Waals surface area contributed by atoms with Crippen LogP contribution in [0.25, 0.3) is 0 Å². The van der Waals surface area contributed by atoms with Crippen LogP contribution < -0.4 is 15.8 Å². The molecule has 0 radical (unpaired) electrons. The third-order valence-corrected chi connectivity index (χ3v) is 5.95. The van der Waals surface area contributed by atoms with Gasteiger partial charge in [-0.1, -0.05) is 29.8 Å². The fourth-order valence-electron chi connectivity index (χ4n) is 2.84. The van der Waals surface area contributed by atoms with Crippen LogP contribution in [0.1, 0.15) is 17.9 Å². The van der Waals surface area contributed by atoms with E-state index in [0.717, 1.165) is 12.0 Å². The van der Waals surface area contributed by atoms with Gasteiger partial charge >= 0.3 is 0 Å². The SMILES string of the molecule is NCCNS(=O)(=O)c1cccc(NC(=O)C2CC2c2cccc(Cl)c2)c1. The fourth-order valence-corrected chi connectivity index (χ4v) is 4.13. The van der Waals surface area contributed by atoms with Gasteiger partial charge in [-0.05, 0) is 48.2 Å². The van der Waals surface area contributed by atoms with Gasteiger partial charge in [-0.25, -0.2) is 13.1 Å². The van der Waals surface area contributed by atoms with E-state index in [-0.39, 0.29) is 35.7 Å². The summed E-state index contributed by atoms with van der Waals surface area (Å²) in [5, 5.41) is 3.45. The zero-order chi connectivity index (χ0) is 18.7. The Morgan fingerprint density at radius 1 is 1.19 bits per heavy atom. The van der Waals surface area contributed by atoms with E-state index >= 15 is 0 Å². The number of hydrogen-bond donors (Lipinski definition) is 3. The Hall–Kier alpha value is -1.93. The molecule has 2 aromatic carbocycles. The molecule has 1 aliphatic carbocycles. The summed E-state index contributed by atoms with van der Waals surface area (Å²) in [5.74, 6) is -0.115. The van der Waals surface area contributed by atoms with Crippen LogP contribution in [0, 0.1) is 5.92 Å². The van der Waals surface area contributed by atoms with Crippen molar-refractivity contribution in [2.45, 2.75) is 17.2 Å². The lowest BCUT2D eigenvalue weighted by molar-refractivity contribution is -0.117. The number of rotatable bonds is 7. The maximum Gasteiger partial charge on any atom is 0.240 e. The predicted molar refractivity (Wildman–Crippen MR) is 102 cm³/mol. The van der Waals surface area contributed by atoms with Crippen LogP contribution in [0.4, 0.5) is 5.69 Å². The highest BCUT2D eigenvalue weighted by atomic mass is 35.5. The molecule has 4 N–H and O–H groups in total. The van der Waals surface area contributed by atoms with Crippen molar-refractivity contribution in [1.29, 1.82) is 0 Å². The molecular weight excluding hydrogens is 374 g/mol. The Labute approximate surface area is 157 Å². The van der Waals surface area contributed by atoms with Gasteiger partial charge in [-0.3, -0.25) is 4.79 Å². The first kappa shape index (κ1) is 18.8. The molecule has 0 saturated heterocycles. The predicted octanol–water partition coefficient (Wildman–Crippen LogP) is 2.32. The fraction of sp³-hybridized carbons (Fsp3) is 0.278. The summed E-state index contributed by atoms with van der Waals surface area (Å²) in [6, 6.07) is 13.7. The Bertz CT molecular complexity index is 917. The molecule has 0 bridgehead atoms. The third kappa shape index (κ3) is 4.42. The van der Waals surface area contributed by atoms with E-state index in [0.29, 0.717) is 10.7 Å². The van der Waals surface area contributed by atoms with Gasteiger partial charge in [0.1, 0.15) is 0 Å². The number of carbonyl (C=O) groups is 1. The Kier molecular flexibility index (Phi) is 5.62. The van der Waals surface area contributed by atoms with Gasteiger partial charge in [0, 0.05) is 29.7 Å². The first-order chi connectivity index (χ1) is 12.4. The van der Waals surface area contributed by atoms with Crippen molar-refractivity contribution in [3.05, 3.63) is 59.1 Å². The standard InChI is InChI=1S/C18H20ClN3O3S/c19-13-4-1-3-12(9-13)16-11-17(16)18(23)22-14-5-2-6-15(10-14)26(24,25)21-8-7-20/h1-6,9-10,16-17,21H,7-8,11,20H2,(H,22,23). The molecule has 138 valence electrons. The number of carbonyl (C=O) groups excluding carboxylic acids is 1. The first-order valence-electron chi connectivity index (χ1n) is 8.27. The largest absolute Gasteiger partial charge is 0.329 e. The molecule has 2 aromatic rings. The highest BCUT2D eigenvalue weighted by Crippen LogP contribution is 2.48. The molecule has 0 spiro atoms. The average Bonchev–Trinajstić information content (AvgIpc) is 3.41. The third-order valence-electron chi connectivity index (χ3n) is 4.25. The van der Waals surface area contributed by atoms with E-state index in [1.165, 1.54) is 12.1 Å². The summed E-state index contributed by atoms with van der Waals surface area (Å²) in [7, 11) is -3.64. The molecule has 2 atom stereocenters. The van der Waals surface area contributed by atoms with Crippen LogP contribution >= 0.6 is 11.6 Å². The van der Waals surface area contributed by atoms with Gasteiger partial charge in [0.2, 0.25) is 15.9 Å². The summed E-state index contributed by atoms with van der Waals surface area (Å²) in [5.41, 5.74) is 6.82. The van der Waals surface area contributed by atoms with Crippen LogP contribution in [0.15, 0.2) is 53.4 Å². The van der Waals surface area contributed by atoms with Crippen LogP contribution in [0.2, 0.25) is 5.02 Å². The minimum atomic E-state index is -3.64. The maximum atomic E-state index is 12.5. The number of nitrogens with one attached hydrogen (secondary N) is 2. The summed E-state index contributed by atoms with van der Waals surface area (Å²) >= 11 is 6.00. The second-order valence-electron chi connectivity index (χ2n) is 6.21. The van der Waals surface area contributed by atoms with E-state index in [1.807, 2.05) is 18.2 Å². The number of benzene rings is 2. The highest BCUT2D eigenvalue weighted by Gasteiger charge is 2.44. The summed E-state index contributed by atoms with van der Waals surface area (Å²) in [6.07, 6.45) is 0.752. The molecule has 3 rings (SSSR count). The normalized spacial score (nSPS) is 19.2. The van der Waals surface area contributed by atoms with Crippen LogP contribution in [0.3, 0.4) is 0 Å². The smallest absolute Gasteiger partial charge is 0.240 e. The summed E-state index contributed by atoms with van der Waals surface area (Å²) < 4.78 is 26.7. The molecule has 1 fully saturated rings. The molecular formula is C18H20ClN3O3S. The van der Waals surface area contributed by atoms with E-state index in [4.69, 9.17) is 17.3 Å². The topological polar surface area (TPSA) is 101 Å². The minimum absolute atomic E-state index is 0.0888. The van der Waals surface area contributed by atoms with Crippen molar-refractivity contribution in [1.82, 2.24) is 4.72 Å². The average molecular weight is 394 g/mol. The molecule has 1 aliphatic rings. The van der Waals surface area contributed by atoms with Crippen molar-refractivity contribution in [2.24, 2.45) is 11.7 Å². The number of halogens is 1. The molecule has 0 heterocycles. The maximum absolute atomic E-state index is 12.5. The number of hydrogen-bond acceptors (Lipinski definition) is 4. The zero-order valence-electron chi connectivity index (χ0n) is 14.0. The summed E-state index contributed by atoms with van der Waals surface area (Å²) in [6.45, 7) is 0.366. The Balaban J connectivity index is 1.66. The Morgan fingerprint density at radius 2 is 1.96 bits per heavy atom. The van der Waals surface area contributed by atoms with Crippen LogP contribution in [-0.2, 0) is 14.8 Å². The lowest BCUT2D eigenvalue weighted by atomic mass is 10.1. The number of amides is 1. The first-order valence-corrected chi connectivity index (χ1v) is 10.1. The number of sulfonamides is 1. The highest BCUT2D eigenvalue weighted by molar-refractivity contribution is 7.89. The molecule has 8 heteroatoms. The second kappa shape index (κ2) is 7.75. The molecule has 1 amide bonds. The lowest BCUT2D eigenvalue weighted by Gasteiger charge is -2.09. The minimum Gasteiger partial charge on any atom is -0.329 e. The number of nitrogens with two attached hydrogens (primary N) is 1. The molecule has 0 aliphatic heterocycles. The van der Waals surface area contributed by atoms with E-state index in [1.54, 1.807) is 18.2 Å². The van der Waals surface area contributed by atoms with Crippen LogP contribution in [-0.4, -0.2) is 27.4 Å². The van der Waals surface area contributed by atoms with Crippen molar-refractivity contribution in [2.75, 3.05) is 18.4 Å². The molecule has 6 nitrogen and oxygen atoms in total. The van der Waals surface area contributed by atoms with Gasteiger partial charge in [-0.15, -0.1) is 0 Å². The van der Waals surface area contributed by atoms with Gasteiger partial charge in [0.05, 0.1) is 4.90 Å². The van der Waals surface area contributed by atoms with Crippen molar-refractivity contribution >= 4 is 33.2 Å². The van der Waals surface area contributed by atoms with E-state index in [2.05, 4.69) is 10.0 Å². The second-order valence-corrected chi connectivity index (χ2v) is 8.41. The number of anilines is 1. The van der Waals surface area contributed by atoms with Crippen molar-refractivity contribution in [3.63, 3.8) is 0 Å². The molecule has 2 unspecified atom stereocenters. The molecule has 0 aromatic heterocycles. The van der Waals surface area contributed by atoms with Crippen LogP contribution in [0.5, 0.6) is 0 Å². The van der Waals surface area contributed by atoms with E-state index in [9.17, 15) is 13.2 Å².